The minimum atomic E-state index is -5.41. The number of pyridine rings is 1. The molecule has 1 amide bonds. The first-order valence-electron chi connectivity index (χ1n) is 12.3. The van der Waals surface area contributed by atoms with Crippen LogP contribution >= 0.6 is 15.9 Å². The summed E-state index contributed by atoms with van der Waals surface area (Å²) in [7, 11) is 0. The Bertz CT molecular complexity index is 1540. The Morgan fingerprint density at radius 3 is 2.42 bits per heavy atom. The number of amides is 1. The number of anilines is 1. The van der Waals surface area contributed by atoms with Gasteiger partial charge in [0.05, 0.1) is 28.9 Å². The smallest absolute Gasteiger partial charge is 0.430 e. The number of nitriles is 1. The average Bonchev–Trinajstić information content (AvgIpc) is 3.37. The molecule has 2 heterocycles. The Kier molecular flexibility index (Phi) is 9.62. The zero-order chi connectivity index (χ0) is 32.4. The number of alkyl halides is 6. The molecule has 0 aliphatic carbocycles. The van der Waals surface area contributed by atoms with Crippen molar-refractivity contribution >= 4 is 27.7 Å². The summed E-state index contributed by atoms with van der Waals surface area (Å²) in [5.74, 6) is -3.74. The number of allylic oxidation sites excluding steroid dienone is 1. The largest absolute Gasteiger partial charge is 0.444 e. The van der Waals surface area contributed by atoms with Crippen LogP contribution < -0.4 is 5.32 Å². The second-order valence-corrected chi connectivity index (χ2v) is 11.0. The van der Waals surface area contributed by atoms with Crippen LogP contribution in [0, 0.1) is 11.3 Å². The normalized spacial score (nSPS) is 14.4. The van der Waals surface area contributed by atoms with Crippen LogP contribution in [0.2, 0.25) is 0 Å². The van der Waals surface area contributed by atoms with Crippen molar-refractivity contribution in [3.63, 3.8) is 0 Å². The lowest BCUT2D eigenvalue weighted by Crippen LogP contribution is -2.43. The van der Waals surface area contributed by atoms with Gasteiger partial charge in [-0.1, -0.05) is 34.1 Å². The summed E-state index contributed by atoms with van der Waals surface area (Å²) < 4.78 is 95.9. The molecule has 0 saturated heterocycles. The Labute approximate surface area is 249 Å². The van der Waals surface area contributed by atoms with Gasteiger partial charge in [-0.25, -0.2) is 9.78 Å². The van der Waals surface area contributed by atoms with E-state index in [1.54, 1.807) is 6.07 Å². The molecule has 0 aliphatic rings. The van der Waals surface area contributed by atoms with Gasteiger partial charge in [0, 0.05) is 10.0 Å². The highest BCUT2D eigenvalue weighted by Gasteiger charge is 2.60. The molecule has 0 saturated carbocycles. The van der Waals surface area contributed by atoms with Crippen LogP contribution in [0.15, 0.2) is 51.9 Å². The van der Waals surface area contributed by atoms with Crippen LogP contribution in [0.3, 0.4) is 0 Å². The first-order valence-corrected chi connectivity index (χ1v) is 13.1. The second kappa shape index (κ2) is 12.3. The van der Waals surface area contributed by atoms with Gasteiger partial charge < -0.3 is 14.3 Å². The molecule has 0 fully saturated rings. The molecule has 1 aromatic carbocycles. The zero-order valence-electron chi connectivity index (χ0n) is 22.8. The van der Waals surface area contributed by atoms with Gasteiger partial charge in [0.2, 0.25) is 0 Å². The van der Waals surface area contributed by atoms with E-state index >= 15 is 0 Å². The van der Waals surface area contributed by atoms with Crippen molar-refractivity contribution in [3.05, 3.63) is 70.2 Å². The van der Waals surface area contributed by atoms with Crippen molar-refractivity contribution in [2.45, 2.75) is 63.1 Å². The molecule has 0 bridgehead atoms. The molecular formula is C27H24BrF6N5O4. The molecule has 2 atom stereocenters. The number of hydrogen-bond acceptors (Lipinski definition) is 8. The van der Waals surface area contributed by atoms with Crippen LogP contribution in [-0.4, -0.2) is 38.2 Å². The Balaban J connectivity index is 2.31. The molecule has 16 heteroatoms. The van der Waals surface area contributed by atoms with Crippen molar-refractivity contribution in [2.24, 2.45) is 0 Å². The van der Waals surface area contributed by atoms with Crippen molar-refractivity contribution in [1.82, 2.24) is 15.2 Å². The molecule has 3 aromatic rings. The number of nitrogens with one attached hydrogen (secondary N) is 1. The number of ether oxygens (including phenoxy) is 1. The number of halogens is 7. The third-order valence-electron chi connectivity index (χ3n) is 5.73. The Morgan fingerprint density at radius 1 is 1.21 bits per heavy atom. The predicted molar refractivity (Wildman–Crippen MR) is 143 cm³/mol. The SMILES string of the molecule is C=CCCC(C#N)c1nc(-c2nnc(C(O)(c3cccc(Br)c3)C(F)(F)F)o2)c(NC(=O)OC(C)(C)C)cc1C(F)(F)F. The van der Waals surface area contributed by atoms with E-state index in [2.05, 4.69) is 43.0 Å². The highest BCUT2D eigenvalue weighted by molar-refractivity contribution is 9.10. The summed E-state index contributed by atoms with van der Waals surface area (Å²) in [4.78, 5) is 16.4. The third-order valence-corrected chi connectivity index (χ3v) is 6.22. The van der Waals surface area contributed by atoms with Gasteiger partial charge in [-0.2, -0.15) is 31.6 Å². The molecule has 3 rings (SSSR count). The van der Waals surface area contributed by atoms with Gasteiger partial charge in [-0.3, -0.25) is 5.32 Å². The molecular weight excluding hydrogens is 652 g/mol. The van der Waals surface area contributed by atoms with Gasteiger partial charge in [0.1, 0.15) is 5.60 Å². The summed E-state index contributed by atoms with van der Waals surface area (Å²) >= 11 is 3.03. The number of nitrogens with zero attached hydrogens (tertiary/aromatic N) is 4. The van der Waals surface area contributed by atoms with Gasteiger partial charge in [0.15, 0.2) is 5.69 Å². The summed E-state index contributed by atoms with van der Waals surface area (Å²) in [6.07, 6.45) is -10.4. The Morgan fingerprint density at radius 2 is 1.88 bits per heavy atom. The molecule has 2 unspecified atom stereocenters. The number of aromatic nitrogens is 3. The second-order valence-electron chi connectivity index (χ2n) is 10.1. The van der Waals surface area contributed by atoms with Gasteiger partial charge in [-0.05, 0) is 51.8 Å². The number of benzene rings is 1. The van der Waals surface area contributed by atoms with E-state index in [4.69, 9.17) is 9.15 Å². The average molecular weight is 676 g/mol. The highest BCUT2D eigenvalue weighted by Crippen LogP contribution is 2.46. The molecule has 2 aromatic heterocycles. The molecule has 0 aliphatic heterocycles. The maximum atomic E-state index is 14.3. The minimum absolute atomic E-state index is 0.125. The van der Waals surface area contributed by atoms with E-state index in [0.29, 0.717) is 6.07 Å². The molecule has 0 spiro atoms. The summed E-state index contributed by atoms with van der Waals surface area (Å²) in [5.41, 5.74) is -9.30. The summed E-state index contributed by atoms with van der Waals surface area (Å²) in [6, 6.07) is 6.69. The van der Waals surface area contributed by atoms with E-state index in [-0.39, 0.29) is 17.3 Å². The predicted octanol–water partition coefficient (Wildman–Crippen LogP) is 7.63. The third kappa shape index (κ3) is 7.52. The number of aliphatic hydroxyl groups is 1. The number of carbonyl (C=O) groups is 1. The minimum Gasteiger partial charge on any atom is -0.444 e. The molecule has 230 valence electrons. The maximum absolute atomic E-state index is 14.3. The molecule has 2 N–H and O–H groups in total. The van der Waals surface area contributed by atoms with Gasteiger partial charge in [-0.15, -0.1) is 16.8 Å². The lowest BCUT2D eigenvalue weighted by molar-refractivity contribution is -0.255. The van der Waals surface area contributed by atoms with Crippen LogP contribution in [0.25, 0.3) is 11.6 Å². The quantitative estimate of drug-likeness (QED) is 0.184. The van der Waals surface area contributed by atoms with Crippen molar-refractivity contribution in [3.8, 4) is 17.7 Å². The molecule has 0 radical (unpaired) electrons. The van der Waals surface area contributed by atoms with Crippen LogP contribution in [0.5, 0.6) is 0 Å². The first-order chi connectivity index (χ1) is 19.8. The maximum Gasteiger partial charge on any atom is 0.430 e. The lowest BCUT2D eigenvalue weighted by Gasteiger charge is -2.27. The highest BCUT2D eigenvalue weighted by atomic mass is 79.9. The Hall–Kier alpha value is -3.97. The molecule has 43 heavy (non-hydrogen) atoms. The summed E-state index contributed by atoms with van der Waals surface area (Å²) in [5, 5.41) is 29.5. The fourth-order valence-corrected chi connectivity index (χ4v) is 4.23. The van der Waals surface area contributed by atoms with Gasteiger partial charge in [0.25, 0.3) is 17.4 Å². The standard InChI is InChI=1S/C27H24BrF6N5O4/c1-5-6-8-14(13-35)19-17(26(29,30)31)12-18(36-23(40)43-24(2,3)4)20(37-19)21-38-39-22(42-21)25(41,27(32,33)34)15-9-7-10-16(28)11-15/h5,7,9-12,14,41H,1,6,8H2,2-4H3,(H,36,40). The van der Waals surface area contributed by atoms with E-state index in [0.717, 1.165) is 12.1 Å². The fourth-order valence-electron chi connectivity index (χ4n) is 3.83. The monoisotopic (exact) mass is 675 g/mol. The number of rotatable bonds is 8. The molecule has 9 nitrogen and oxygen atoms in total. The van der Waals surface area contributed by atoms with Crippen molar-refractivity contribution < 1.29 is 45.4 Å². The van der Waals surface area contributed by atoms with Gasteiger partial charge >= 0.3 is 18.4 Å². The lowest BCUT2D eigenvalue weighted by atomic mass is 9.93. The van der Waals surface area contributed by atoms with Crippen molar-refractivity contribution in [2.75, 3.05) is 5.32 Å². The first kappa shape index (κ1) is 33.5. The van der Waals surface area contributed by atoms with Crippen LogP contribution in [-0.2, 0) is 16.5 Å². The zero-order valence-corrected chi connectivity index (χ0v) is 24.4. The van der Waals surface area contributed by atoms with E-state index < -0.39 is 75.5 Å². The van der Waals surface area contributed by atoms with Crippen LogP contribution in [0.1, 0.15) is 62.2 Å². The summed E-state index contributed by atoms with van der Waals surface area (Å²) in [6.45, 7) is 7.93. The van der Waals surface area contributed by atoms with Crippen LogP contribution in [0.4, 0.5) is 36.8 Å². The number of carbonyl (C=O) groups excluding carboxylic acids is 1. The van der Waals surface area contributed by atoms with E-state index in [1.165, 1.54) is 39.0 Å². The van der Waals surface area contributed by atoms with Crippen molar-refractivity contribution in [1.29, 1.82) is 5.26 Å². The fraction of sp³-hybridized carbons (Fsp3) is 0.370. The topological polar surface area (TPSA) is 134 Å². The number of hydrogen-bond donors (Lipinski definition) is 2. The van der Waals surface area contributed by atoms with E-state index in [9.17, 15) is 41.5 Å². The van der Waals surface area contributed by atoms with E-state index in [1.807, 2.05) is 0 Å².